The van der Waals surface area contributed by atoms with E-state index in [4.69, 9.17) is 0 Å². The molecular formula is C10H17N3S. The molecule has 1 heterocycles. The SMILES string of the molecule is C=C(C)CNc1nc(C(C)(C)C)ns1. The third-order valence-corrected chi connectivity index (χ3v) is 2.31. The van der Waals surface area contributed by atoms with Crippen molar-refractivity contribution in [3.8, 4) is 0 Å². The molecule has 0 saturated heterocycles. The van der Waals surface area contributed by atoms with Gasteiger partial charge in [0.2, 0.25) is 5.13 Å². The van der Waals surface area contributed by atoms with Gasteiger partial charge in [-0.25, -0.2) is 4.98 Å². The molecule has 0 amide bonds. The summed E-state index contributed by atoms with van der Waals surface area (Å²) in [6.07, 6.45) is 0. The highest BCUT2D eigenvalue weighted by atomic mass is 32.1. The predicted molar refractivity (Wildman–Crippen MR) is 61.9 cm³/mol. The average molecular weight is 211 g/mol. The van der Waals surface area contributed by atoms with Gasteiger partial charge in [-0.2, -0.15) is 4.37 Å². The van der Waals surface area contributed by atoms with E-state index in [-0.39, 0.29) is 5.41 Å². The molecule has 78 valence electrons. The van der Waals surface area contributed by atoms with Crippen LogP contribution in [0.15, 0.2) is 12.2 Å². The van der Waals surface area contributed by atoms with Crippen molar-refractivity contribution >= 4 is 16.7 Å². The number of hydrogen-bond donors (Lipinski definition) is 1. The molecule has 1 N–H and O–H groups in total. The van der Waals surface area contributed by atoms with Gasteiger partial charge >= 0.3 is 0 Å². The van der Waals surface area contributed by atoms with E-state index in [1.54, 1.807) is 0 Å². The van der Waals surface area contributed by atoms with E-state index in [1.807, 2.05) is 6.92 Å². The zero-order valence-corrected chi connectivity index (χ0v) is 10.0. The summed E-state index contributed by atoms with van der Waals surface area (Å²) in [7, 11) is 0. The number of anilines is 1. The maximum absolute atomic E-state index is 4.41. The highest BCUT2D eigenvalue weighted by Gasteiger charge is 2.19. The van der Waals surface area contributed by atoms with E-state index in [1.165, 1.54) is 11.5 Å². The summed E-state index contributed by atoms with van der Waals surface area (Å²) in [4.78, 5) is 4.41. The van der Waals surface area contributed by atoms with Crippen LogP contribution in [-0.2, 0) is 5.41 Å². The first-order valence-corrected chi connectivity index (χ1v) is 5.39. The summed E-state index contributed by atoms with van der Waals surface area (Å²) < 4.78 is 4.30. The second-order valence-electron chi connectivity index (χ2n) is 4.48. The minimum Gasteiger partial charge on any atom is -0.357 e. The van der Waals surface area contributed by atoms with Crippen molar-refractivity contribution in [3.63, 3.8) is 0 Å². The van der Waals surface area contributed by atoms with Gasteiger partial charge in [-0.15, -0.1) is 0 Å². The Morgan fingerprint density at radius 3 is 2.57 bits per heavy atom. The van der Waals surface area contributed by atoms with Crippen LogP contribution in [0, 0.1) is 0 Å². The molecule has 0 spiro atoms. The monoisotopic (exact) mass is 211 g/mol. The van der Waals surface area contributed by atoms with Crippen molar-refractivity contribution < 1.29 is 0 Å². The fourth-order valence-corrected chi connectivity index (χ4v) is 1.58. The molecule has 0 aliphatic carbocycles. The van der Waals surface area contributed by atoms with Crippen molar-refractivity contribution in [1.82, 2.24) is 9.36 Å². The lowest BCUT2D eigenvalue weighted by Gasteiger charge is -2.12. The Bertz CT molecular complexity index is 322. The largest absolute Gasteiger partial charge is 0.357 e. The molecular weight excluding hydrogens is 194 g/mol. The van der Waals surface area contributed by atoms with E-state index in [9.17, 15) is 0 Å². The molecule has 0 aromatic carbocycles. The molecule has 0 saturated carbocycles. The van der Waals surface area contributed by atoms with Crippen molar-refractivity contribution in [2.45, 2.75) is 33.1 Å². The van der Waals surface area contributed by atoms with E-state index in [0.717, 1.165) is 23.1 Å². The lowest BCUT2D eigenvalue weighted by molar-refractivity contribution is 0.555. The van der Waals surface area contributed by atoms with Crippen LogP contribution >= 0.6 is 11.5 Å². The molecule has 1 rings (SSSR count). The first-order valence-electron chi connectivity index (χ1n) is 4.62. The molecule has 0 atom stereocenters. The third kappa shape index (κ3) is 3.10. The van der Waals surface area contributed by atoms with E-state index in [2.05, 4.69) is 42.0 Å². The standard InChI is InChI=1S/C10H17N3S/c1-7(2)6-11-9-12-8(13-14-9)10(3,4)5/h1,6H2,2-5H3,(H,11,12,13). The van der Waals surface area contributed by atoms with Crippen LogP contribution in [0.1, 0.15) is 33.5 Å². The van der Waals surface area contributed by atoms with Crippen LogP contribution in [0.5, 0.6) is 0 Å². The fraction of sp³-hybridized carbons (Fsp3) is 0.600. The van der Waals surface area contributed by atoms with Gasteiger partial charge in [0, 0.05) is 23.5 Å². The van der Waals surface area contributed by atoms with Crippen LogP contribution < -0.4 is 5.32 Å². The Balaban J connectivity index is 2.64. The van der Waals surface area contributed by atoms with Crippen LogP contribution in [-0.4, -0.2) is 15.9 Å². The Labute approximate surface area is 89.4 Å². The van der Waals surface area contributed by atoms with Gasteiger partial charge in [-0.05, 0) is 6.92 Å². The number of hydrogen-bond acceptors (Lipinski definition) is 4. The minimum absolute atomic E-state index is 0.0274. The lowest BCUT2D eigenvalue weighted by Crippen LogP contribution is -2.13. The third-order valence-electron chi connectivity index (χ3n) is 1.64. The topological polar surface area (TPSA) is 37.8 Å². The van der Waals surface area contributed by atoms with Crippen LogP contribution in [0.3, 0.4) is 0 Å². The molecule has 14 heavy (non-hydrogen) atoms. The smallest absolute Gasteiger partial charge is 0.202 e. The number of nitrogens with one attached hydrogen (secondary N) is 1. The minimum atomic E-state index is 0.0274. The van der Waals surface area contributed by atoms with Crippen molar-refractivity contribution in [3.05, 3.63) is 18.0 Å². The molecule has 0 fully saturated rings. The Kier molecular flexibility index (Phi) is 3.26. The highest BCUT2D eigenvalue weighted by molar-refractivity contribution is 7.09. The molecule has 0 aliphatic heterocycles. The molecule has 1 aromatic rings. The zero-order valence-electron chi connectivity index (χ0n) is 9.22. The summed E-state index contributed by atoms with van der Waals surface area (Å²) >= 11 is 1.41. The highest BCUT2D eigenvalue weighted by Crippen LogP contribution is 2.22. The van der Waals surface area contributed by atoms with Gasteiger partial charge < -0.3 is 5.32 Å². The van der Waals surface area contributed by atoms with Crippen molar-refractivity contribution in [2.75, 3.05) is 11.9 Å². The van der Waals surface area contributed by atoms with Gasteiger partial charge in [-0.1, -0.05) is 32.9 Å². The summed E-state index contributed by atoms with van der Waals surface area (Å²) in [5, 5.41) is 4.06. The zero-order chi connectivity index (χ0) is 10.8. The molecule has 3 nitrogen and oxygen atoms in total. The van der Waals surface area contributed by atoms with E-state index < -0.39 is 0 Å². The van der Waals surface area contributed by atoms with Crippen LogP contribution in [0.4, 0.5) is 5.13 Å². The van der Waals surface area contributed by atoms with Gasteiger partial charge in [0.05, 0.1) is 0 Å². The molecule has 0 aliphatic rings. The van der Waals surface area contributed by atoms with Crippen LogP contribution in [0.2, 0.25) is 0 Å². The fourth-order valence-electron chi connectivity index (χ4n) is 0.826. The Morgan fingerprint density at radius 2 is 2.14 bits per heavy atom. The molecule has 0 unspecified atom stereocenters. The first-order chi connectivity index (χ1) is 6.39. The molecule has 1 aromatic heterocycles. The van der Waals surface area contributed by atoms with Crippen molar-refractivity contribution in [2.24, 2.45) is 0 Å². The van der Waals surface area contributed by atoms with Gasteiger partial charge in [0.25, 0.3) is 0 Å². The first kappa shape index (κ1) is 11.2. The van der Waals surface area contributed by atoms with Gasteiger partial charge in [0.1, 0.15) is 5.82 Å². The normalized spacial score (nSPS) is 11.4. The Hall–Kier alpha value is -0.900. The van der Waals surface area contributed by atoms with Crippen LogP contribution in [0.25, 0.3) is 0 Å². The lowest BCUT2D eigenvalue weighted by atomic mass is 9.96. The summed E-state index contributed by atoms with van der Waals surface area (Å²) in [5.74, 6) is 0.895. The summed E-state index contributed by atoms with van der Waals surface area (Å²) in [6.45, 7) is 12.9. The van der Waals surface area contributed by atoms with E-state index in [0.29, 0.717) is 0 Å². The predicted octanol–water partition coefficient (Wildman–Crippen LogP) is 2.82. The maximum atomic E-state index is 4.41. The average Bonchev–Trinajstić information content (AvgIpc) is 2.47. The number of rotatable bonds is 3. The quantitative estimate of drug-likeness (QED) is 0.781. The number of aromatic nitrogens is 2. The summed E-state index contributed by atoms with van der Waals surface area (Å²) in [5.41, 5.74) is 1.12. The van der Waals surface area contributed by atoms with Gasteiger partial charge in [0.15, 0.2) is 0 Å². The maximum Gasteiger partial charge on any atom is 0.202 e. The van der Waals surface area contributed by atoms with Gasteiger partial charge in [-0.3, -0.25) is 0 Å². The summed E-state index contributed by atoms with van der Waals surface area (Å²) in [6, 6.07) is 0. The molecule has 4 heteroatoms. The molecule has 0 radical (unpaired) electrons. The second-order valence-corrected chi connectivity index (χ2v) is 5.24. The second kappa shape index (κ2) is 4.09. The van der Waals surface area contributed by atoms with E-state index >= 15 is 0 Å². The van der Waals surface area contributed by atoms with Crippen molar-refractivity contribution in [1.29, 1.82) is 0 Å². The molecule has 0 bridgehead atoms. The number of nitrogens with zero attached hydrogens (tertiary/aromatic N) is 2. The Morgan fingerprint density at radius 1 is 1.50 bits per heavy atom.